The molecule has 2 aromatic carbocycles. The number of hydrogen-bond donors (Lipinski definition) is 1. The van der Waals surface area contributed by atoms with Crippen LogP contribution in [0.2, 0.25) is 0 Å². The third kappa shape index (κ3) is 4.40. The van der Waals surface area contributed by atoms with E-state index in [2.05, 4.69) is 5.32 Å². The number of benzene rings is 2. The predicted molar refractivity (Wildman–Crippen MR) is 87.9 cm³/mol. The van der Waals surface area contributed by atoms with Gasteiger partial charge in [-0.25, -0.2) is 4.39 Å². The lowest BCUT2D eigenvalue weighted by Crippen LogP contribution is -2.37. The Balaban J connectivity index is 1.99. The van der Waals surface area contributed by atoms with E-state index in [0.29, 0.717) is 16.8 Å². The zero-order valence-electron chi connectivity index (χ0n) is 13.1. The normalized spacial score (nSPS) is 9.88. The van der Waals surface area contributed by atoms with Crippen LogP contribution in [0.3, 0.4) is 0 Å². The molecule has 0 radical (unpaired) electrons. The van der Waals surface area contributed by atoms with Gasteiger partial charge in [-0.3, -0.25) is 9.59 Å². The molecule has 0 heterocycles. The van der Waals surface area contributed by atoms with Gasteiger partial charge in [0.15, 0.2) is 0 Å². The van der Waals surface area contributed by atoms with Crippen molar-refractivity contribution in [3.8, 4) is 6.07 Å². The van der Waals surface area contributed by atoms with E-state index in [1.807, 2.05) is 6.07 Å². The van der Waals surface area contributed by atoms with Gasteiger partial charge in [0.25, 0.3) is 5.91 Å². The van der Waals surface area contributed by atoms with Gasteiger partial charge in [0.1, 0.15) is 5.82 Å². The van der Waals surface area contributed by atoms with Crippen molar-refractivity contribution >= 4 is 17.5 Å². The monoisotopic (exact) mass is 325 g/mol. The maximum absolute atomic E-state index is 12.8. The summed E-state index contributed by atoms with van der Waals surface area (Å²) in [5.74, 6) is -0.947. The lowest BCUT2D eigenvalue weighted by atomic mass is 10.2. The number of nitrogens with one attached hydrogen (secondary N) is 1. The number of rotatable bonds is 5. The van der Waals surface area contributed by atoms with Crippen LogP contribution in [0.5, 0.6) is 0 Å². The molecule has 0 saturated carbocycles. The van der Waals surface area contributed by atoms with Crippen LogP contribution in [0.4, 0.5) is 10.1 Å². The quantitative estimate of drug-likeness (QED) is 0.918. The number of carbonyl (C=O) groups excluding carboxylic acids is 2. The van der Waals surface area contributed by atoms with Crippen molar-refractivity contribution in [3.05, 3.63) is 65.5 Å². The van der Waals surface area contributed by atoms with Crippen molar-refractivity contribution in [1.82, 2.24) is 5.32 Å². The van der Waals surface area contributed by atoms with Crippen LogP contribution < -0.4 is 10.2 Å². The lowest BCUT2D eigenvalue weighted by molar-refractivity contribution is -0.116. The van der Waals surface area contributed by atoms with Crippen molar-refractivity contribution in [2.75, 3.05) is 18.0 Å². The standard InChI is InChI=1S/C18H16FN3O2/c1-13(23)22(17-4-2-3-14(11-17)12-20)10-9-21-18(24)15-5-7-16(19)8-6-15/h2-8,11H,9-10H2,1H3,(H,21,24). The summed E-state index contributed by atoms with van der Waals surface area (Å²) in [5.41, 5.74) is 1.39. The van der Waals surface area contributed by atoms with Gasteiger partial charge in [-0.1, -0.05) is 6.07 Å². The van der Waals surface area contributed by atoms with Crippen LogP contribution in [0, 0.1) is 17.1 Å². The SMILES string of the molecule is CC(=O)N(CCNC(=O)c1ccc(F)cc1)c1cccc(C#N)c1. The second kappa shape index (κ2) is 7.88. The summed E-state index contributed by atoms with van der Waals surface area (Å²) in [6.07, 6.45) is 0. The van der Waals surface area contributed by atoms with Crippen LogP contribution in [0.25, 0.3) is 0 Å². The van der Waals surface area contributed by atoms with Gasteiger partial charge in [-0.2, -0.15) is 5.26 Å². The first-order valence-electron chi connectivity index (χ1n) is 7.33. The highest BCUT2D eigenvalue weighted by atomic mass is 19.1. The Morgan fingerprint density at radius 1 is 1.21 bits per heavy atom. The molecule has 0 fully saturated rings. The first-order chi connectivity index (χ1) is 11.5. The number of nitriles is 1. The highest BCUT2D eigenvalue weighted by Crippen LogP contribution is 2.15. The molecule has 0 spiro atoms. The maximum Gasteiger partial charge on any atom is 0.251 e. The molecule has 122 valence electrons. The van der Waals surface area contributed by atoms with E-state index in [0.717, 1.165) is 0 Å². The van der Waals surface area contributed by atoms with Gasteiger partial charge in [-0.05, 0) is 42.5 Å². The van der Waals surface area contributed by atoms with Crippen LogP contribution in [-0.4, -0.2) is 24.9 Å². The number of carbonyl (C=O) groups is 2. The first-order valence-corrected chi connectivity index (χ1v) is 7.33. The molecule has 0 aromatic heterocycles. The zero-order chi connectivity index (χ0) is 17.5. The van der Waals surface area contributed by atoms with Crippen LogP contribution in [0.15, 0.2) is 48.5 Å². The minimum absolute atomic E-state index is 0.193. The molecule has 1 N–H and O–H groups in total. The van der Waals surface area contributed by atoms with Gasteiger partial charge >= 0.3 is 0 Å². The molecule has 2 amide bonds. The lowest BCUT2D eigenvalue weighted by Gasteiger charge is -2.21. The largest absolute Gasteiger partial charge is 0.350 e. The molecule has 0 unspecified atom stereocenters. The zero-order valence-corrected chi connectivity index (χ0v) is 13.1. The van der Waals surface area contributed by atoms with E-state index in [9.17, 15) is 14.0 Å². The van der Waals surface area contributed by atoms with Gasteiger partial charge < -0.3 is 10.2 Å². The highest BCUT2D eigenvalue weighted by Gasteiger charge is 2.13. The Morgan fingerprint density at radius 2 is 1.92 bits per heavy atom. The van der Waals surface area contributed by atoms with Gasteiger partial charge in [0.05, 0.1) is 11.6 Å². The highest BCUT2D eigenvalue weighted by molar-refractivity contribution is 5.94. The maximum atomic E-state index is 12.8. The van der Waals surface area contributed by atoms with Crippen LogP contribution in [-0.2, 0) is 4.79 Å². The van der Waals surface area contributed by atoms with Crippen molar-refractivity contribution in [1.29, 1.82) is 5.26 Å². The molecule has 2 rings (SSSR count). The topological polar surface area (TPSA) is 73.2 Å². The van der Waals surface area contributed by atoms with Crippen molar-refractivity contribution in [2.24, 2.45) is 0 Å². The summed E-state index contributed by atoms with van der Waals surface area (Å²) in [5, 5.41) is 11.6. The third-order valence-electron chi connectivity index (χ3n) is 3.39. The summed E-state index contributed by atoms with van der Waals surface area (Å²) in [6.45, 7) is 1.91. The molecule has 0 atom stereocenters. The number of nitrogens with zero attached hydrogens (tertiary/aromatic N) is 2. The van der Waals surface area contributed by atoms with Crippen molar-refractivity contribution in [3.63, 3.8) is 0 Å². The third-order valence-corrected chi connectivity index (χ3v) is 3.39. The van der Waals surface area contributed by atoms with Gasteiger partial charge in [0, 0.05) is 31.3 Å². The molecular formula is C18H16FN3O2. The Labute approximate surface area is 139 Å². The molecule has 0 saturated heterocycles. The fourth-order valence-corrected chi connectivity index (χ4v) is 2.20. The molecule has 2 aromatic rings. The van der Waals surface area contributed by atoms with E-state index in [1.165, 1.54) is 36.1 Å². The predicted octanol–water partition coefficient (Wildman–Crippen LogP) is 2.48. The summed E-state index contributed by atoms with van der Waals surface area (Å²) < 4.78 is 12.8. The molecule has 5 nitrogen and oxygen atoms in total. The first kappa shape index (κ1) is 17.2. The molecule has 0 aliphatic carbocycles. The Morgan fingerprint density at radius 3 is 2.54 bits per heavy atom. The Kier molecular flexibility index (Phi) is 5.63. The molecule has 6 heteroatoms. The number of hydrogen-bond acceptors (Lipinski definition) is 3. The number of halogens is 1. The minimum atomic E-state index is -0.410. The molecule has 24 heavy (non-hydrogen) atoms. The molecule has 0 aliphatic rings. The Bertz CT molecular complexity index is 782. The number of amides is 2. The summed E-state index contributed by atoms with van der Waals surface area (Å²) in [7, 11) is 0. The number of anilines is 1. The fourth-order valence-electron chi connectivity index (χ4n) is 2.20. The average Bonchev–Trinajstić information content (AvgIpc) is 2.58. The van der Waals surface area contributed by atoms with Crippen LogP contribution >= 0.6 is 0 Å². The van der Waals surface area contributed by atoms with E-state index in [1.54, 1.807) is 24.3 Å². The second-order valence-electron chi connectivity index (χ2n) is 5.10. The van der Waals surface area contributed by atoms with E-state index in [4.69, 9.17) is 5.26 Å². The average molecular weight is 325 g/mol. The fraction of sp³-hybridized carbons (Fsp3) is 0.167. The Hall–Kier alpha value is -3.20. The summed E-state index contributed by atoms with van der Waals surface area (Å²) in [4.78, 5) is 25.3. The summed E-state index contributed by atoms with van der Waals surface area (Å²) >= 11 is 0. The molecule has 0 bridgehead atoms. The van der Waals surface area contributed by atoms with Crippen LogP contribution in [0.1, 0.15) is 22.8 Å². The van der Waals surface area contributed by atoms with E-state index < -0.39 is 5.82 Å². The minimum Gasteiger partial charge on any atom is -0.350 e. The molecule has 0 aliphatic heterocycles. The van der Waals surface area contributed by atoms with E-state index in [-0.39, 0.29) is 24.9 Å². The smallest absolute Gasteiger partial charge is 0.251 e. The second-order valence-corrected chi connectivity index (χ2v) is 5.10. The summed E-state index contributed by atoms with van der Waals surface area (Å²) in [6, 6.07) is 13.9. The van der Waals surface area contributed by atoms with Gasteiger partial charge in [0.2, 0.25) is 5.91 Å². The van der Waals surface area contributed by atoms with Crippen molar-refractivity contribution < 1.29 is 14.0 Å². The van der Waals surface area contributed by atoms with Crippen molar-refractivity contribution in [2.45, 2.75) is 6.92 Å². The van der Waals surface area contributed by atoms with E-state index >= 15 is 0 Å². The molecular weight excluding hydrogens is 309 g/mol. The van der Waals surface area contributed by atoms with Gasteiger partial charge in [-0.15, -0.1) is 0 Å².